The van der Waals surface area contributed by atoms with Crippen molar-refractivity contribution in [2.45, 2.75) is 13.8 Å². The summed E-state index contributed by atoms with van der Waals surface area (Å²) in [5.41, 5.74) is 1.62. The Kier molecular flexibility index (Phi) is 4.65. The van der Waals surface area contributed by atoms with Gasteiger partial charge in [-0.1, -0.05) is 0 Å². The lowest BCUT2D eigenvalue weighted by molar-refractivity contribution is 0.110. The zero-order valence-corrected chi connectivity index (χ0v) is 9.12. The van der Waals surface area contributed by atoms with Gasteiger partial charge in [0.25, 0.3) is 0 Å². The van der Waals surface area contributed by atoms with Gasteiger partial charge in [-0.25, -0.2) is 0 Å². The molecule has 3 heteroatoms. The molecule has 0 unspecified atom stereocenters. The second kappa shape index (κ2) is 6.05. The lowest BCUT2D eigenvalue weighted by atomic mass is 10.1. The summed E-state index contributed by atoms with van der Waals surface area (Å²) >= 11 is 0. The van der Waals surface area contributed by atoms with E-state index in [0.717, 1.165) is 11.3 Å². The maximum atomic E-state index is 8.74. The maximum Gasteiger partial charge on any atom is 0.119 e. The van der Waals surface area contributed by atoms with Crippen LogP contribution in [0.2, 0.25) is 0 Å². The van der Waals surface area contributed by atoms with Gasteiger partial charge in [-0.2, -0.15) is 5.26 Å². The van der Waals surface area contributed by atoms with Crippen molar-refractivity contribution in [1.29, 1.82) is 5.26 Å². The molecule has 80 valence electrons. The average molecular weight is 205 g/mol. The Bertz CT molecular complexity index is 355. The van der Waals surface area contributed by atoms with Gasteiger partial charge in [-0.3, -0.25) is 0 Å². The van der Waals surface area contributed by atoms with Crippen LogP contribution in [-0.4, -0.2) is 19.8 Å². The Morgan fingerprint density at radius 1 is 1.33 bits per heavy atom. The van der Waals surface area contributed by atoms with Gasteiger partial charge >= 0.3 is 0 Å². The van der Waals surface area contributed by atoms with Crippen LogP contribution in [0.3, 0.4) is 0 Å². The molecule has 1 aromatic rings. The van der Waals surface area contributed by atoms with Gasteiger partial charge in [0.05, 0.1) is 18.2 Å². The third-order valence-corrected chi connectivity index (χ3v) is 2.02. The SMILES string of the molecule is CCOCCOc1ccc(C#N)c(C)c1. The van der Waals surface area contributed by atoms with Crippen LogP contribution >= 0.6 is 0 Å². The normalized spacial score (nSPS) is 9.67. The first-order valence-electron chi connectivity index (χ1n) is 4.99. The molecule has 0 aliphatic carbocycles. The molecule has 0 saturated carbocycles. The van der Waals surface area contributed by atoms with Crippen LogP contribution in [0.15, 0.2) is 18.2 Å². The molecule has 1 aromatic carbocycles. The van der Waals surface area contributed by atoms with Crippen LogP contribution in [0.4, 0.5) is 0 Å². The van der Waals surface area contributed by atoms with Crippen molar-refractivity contribution in [3.63, 3.8) is 0 Å². The molecular weight excluding hydrogens is 190 g/mol. The Balaban J connectivity index is 2.49. The maximum absolute atomic E-state index is 8.74. The molecule has 15 heavy (non-hydrogen) atoms. The van der Waals surface area contributed by atoms with Crippen molar-refractivity contribution in [2.24, 2.45) is 0 Å². The monoisotopic (exact) mass is 205 g/mol. The Morgan fingerprint density at radius 3 is 2.73 bits per heavy atom. The number of aryl methyl sites for hydroxylation is 1. The summed E-state index contributed by atoms with van der Waals surface area (Å²) in [7, 11) is 0. The molecule has 0 aliphatic heterocycles. The van der Waals surface area contributed by atoms with E-state index in [1.54, 1.807) is 12.1 Å². The Morgan fingerprint density at radius 2 is 2.13 bits per heavy atom. The fourth-order valence-electron chi connectivity index (χ4n) is 1.21. The molecule has 0 atom stereocenters. The molecule has 0 heterocycles. The van der Waals surface area contributed by atoms with Crippen molar-refractivity contribution < 1.29 is 9.47 Å². The van der Waals surface area contributed by atoms with Gasteiger partial charge in [0, 0.05) is 6.61 Å². The smallest absolute Gasteiger partial charge is 0.119 e. The first kappa shape index (κ1) is 11.5. The number of ether oxygens (including phenoxy) is 2. The van der Waals surface area contributed by atoms with Gasteiger partial charge < -0.3 is 9.47 Å². The number of nitriles is 1. The summed E-state index contributed by atoms with van der Waals surface area (Å²) < 4.78 is 10.6. The van der Waals surface area contributed by atoms with E-state index in [0.29, 0.717) is 25.4 Å². The number of rotatable bonds is 5. The fraction of sp³-hybridized carbons (Fsp3) is 0.417. The van der Waals surface area contributed by atoms with Crippen LogP contribution in [0.25, 0.3) is 0 Å². The molecule has 0 fully saturated rings. The van der Waals surface area contributed by atoms with E-state index in [2.05, 4.69) is 6.07 Å². The predicted octanol–water partition coefficient (Wildman–Crippen LogP) is 2.28. The van der Waals surface area contributed by atoms with E-state index in [-0.39, 0.29) is 0 Å². The highest BCUT2D eigenvalue weighted by atomic mass is 16.5. The quantitative estimate of drug-likeness (QED) is 0.692. The van der Waals surface area contributed by atoms with Crippen molar-refractivity contribution in [2.75, 3.05) is 19.8 Å². The first-order chi connectivity index (χ1) is 7.27. The molecule has 0 saturated heterocycles. The standard InChI is InChI=1S/C12H15NO2/c1-3-14-6-7-15-12-5-4-11(9-13)10(2)8-12/h4-5,8H,3,6-7H2,1-2H3. The van der Waals surface area contributed by atoms with E-state index in [9.17, 15) is 0 Å². The molecule has 0 N–H and O–H groups in total. The van der Waals surface area contributed by atoms with Crippen LogP contribution in [0, 0.1) is 18.3 Å². The second-order valence-electron chi connectivity index (χ2n) is 3.13. The van der Waals surface area contributed by atoms with Gasteiger partial charge in [-0.05, 0) is 37.6 Å². The molecule has 0 amide bonds. The third-order valence-electron chi connectivity index (χ3n) is 2.02. The van der Waals surface area contributed by atoms with E-state index in [1.165, 1.54) is 0 Å². The summed E-state index contributed by atoms with van der Waals surface area (Å²) in [6.45, 7) is 5.68. The molecule has 0 spiro atoms. The highest BCUT2D eigenvalue weighted by molar-refractivity contribution is 5.41. The molecule has 0 radical (unpaired) electrons. The van der Waals surface area contributed by atoms with E-state index >= 15 is 0 Å². The van der Waals surface area contributed by atoms with Gasteiger partial charge in [0.2, 0.25) is 0 Å². The van der Waals surface area contributed by atoms with E-state index < -0.39 is 0 Å². The molecule has 1 rings (SSSR count). The number of hydrogen-bond donors (Lipinski definition) is 0. The fourth-order valence-corrected chi connectivity index (χ4v) is 1.21. The van der Waals surface area contributed by atoms with Crippen molar-refractivity contribution in [3.8, 4) is 11.8 Å². The molecular formula is C12H15NO2. The van der Waals surface area contributed by atoms with Crippen LogP contribution in [0.5, 0.6) is 5.75 Å². The lowest BCUT2D eigenvalue weighted by Crippen LogP contribution is -2.06. The Labute approximate surface area is 90.2 Å². The topological polar surface area (TPSA) is 42.2 Å². The van der Waals surface area contributed by atoms with Crippen molar-refractivity contribution >= 4 is 0 Å². The summed E-state index contributed by atoms with van der Waals surface area (Å²) in [5.74, 6) is 0.784. The zero-order valence-electron chi connectivity index (χ0n) is 9.12. The minimum absolute atomic E-state index is 0.541. The molecule has 0 bridgehead atoms. The van der Waals surface area contributed by atoms with Crippen LogP contribution < -0.4 is 4.74 Å². The number of hydrogen-bond acceptors (Lipinski definition) is 3. The van der Waals surface area contributed by atoms with E-state index in [4.69, 9.17) is 14.7 Å². The van der Waals surface area contributed by atoms with Gasteiger partial charge in [0.1, 0.15) is 12.4 Å². The predicted molar refractivity (Wildman–Crippen MR) is 57.9 cm³/mol. The highest BCUT2D eigenvalue weighted by Gasteiger charge is 1.99. The first-order valence-corrected chi connectivity index (χ1v) is 4.99. The average Bonchev–Trinajstić information content (AvgIpc) is 2.25. The molecule has 0 aliphatic rings. The highest BCUT2D eigenvalue weighted by Crippen LogP contribution is 2.16. The zero-order chi connectivity index (χ0) is 11.1. The lowest BCUT2D eigenvalue weighted by Gasteiger charge is -2.07. The van der Waals surface area contributed by atoms with Crippen molar-refractivity contribution in [3.05, 3.63) is 29.3 Å². The van der Waals surface area contributed by atoms with Gasteiger partial charge in [-0.15, -0.1) is 0 Å². The van der Waals surface area contributed by atoms with Gasteiger partial charge in [0.15, 0.2) is 0 Å². The minimum atomic E-state index is 0.541. The Hall–Kier alpha value is -1.53. The summed E-state index contributed by atoms with van der Waals surface area (Å²) in [5, 5.41) is 8.74. The third kappa shape index (κ3) is 3.61. The van der Waals surface area contributed by atoms with Crippen LogP contribution in [-0.2, 0) is 4.74 Å². The number of nitrogens with zero attached hydrogens (tertiary/aromatic N) is 1. The second-order valence-corrected chi connectivity index (χ2v) is 3.13. The molecule has 0 aromatic heterocycles. The van der Waals surface area contributed by atoms with Crippen LogP contribution in [0.1, 0.15) is 18.1 Å². The summed E-state index contributed by atoms with van der Waals surface area (Å²) in [6, 6.07) is 7.56. The summed E-state index contributed by atoms with van der Waals surface area (Å²) in [4.78, 5) is 0. The minimum Gasteiger partial charge on any atom is -0.491 e. The van der Waals surface area contributed by atoms with E-state index in [1.807, 2.05) is 19.9 Å². The summed E-state index contributed by atoms with van der Waals surface area (Å²) in [6.07, 6.45) is 0. The molecule has 3 nitrogen and oxygen atoms in total. The largest absolute Gasteiger partial charge is 0.491 e. The van der Waals surface area contributed by atoms with Crippen molar-refractivity contribution in [1.82, 2.24) is 0 Å². The number of benzene rings is 1.